The molecule has 170 valence electrons. The first-order valence-corrected chi connectivity index (χ1v) is 12.2. The van der Waals surface area contributed by atoms with Gasteiger partial charge in [0.2, 0.25) is 0 Å². The highest BCUT2D eigenvalue weighted by molar-refractivity contribution is 7.16. The van der Waals surface area contributed by atoms with Gasteiger partial charge in [-0.1, -0.05) is 18.2 Å². The lowest BCUT2D eigenvalue weighted by Gasteiger charge is -2.13. The molecule has 34 heavy (non-hydrogen) atoms. The van der Waals surface area contributed by atoms with Crippen molar-refractivity contribution in [1.82, 2.24) is 9.88 Å². The van der Waals surface area contributed by atoms with Gasteiger partial charge in [0, 0.05) is 17.5 Å². The van der Waals surface area contributed by atoms with Crippen LogP contribution in [0.1, 0.15) is 36.6 Å². The summed E-state index contributed by atoms with van der Waals surface area (Å²) in [7, 11) is 1.60. The van der Waals surface area contributed by atoms with Crippen molar-refractivity contribution in [2.75, 3.05) is 19.0 Å². The van der Waals surface area contributed by atoms with E-state index in [0.29, 0.717) is 22.7 Å². The Kier molecular flexibility index (Phi) is 5.95. The zero-order valence-electron chi connectivity index (χ0n) is 18.1. The van der Waals surface area contributed by atoms with Gasteiger partial charge in [0.25, 0.3) is 17.7 Å². The summed E-state index contributed by atoms with van der Waals surface area (Å²) >= 11 is 2.91. The van der Waals surface area contributed by atoms with Crippen LogP contribution in [0.2, 0.25) is 0 Å². The second-order valence-electron chi connectivity index (χ2n) is 7.59. The number of ether oxygens (including phenoxy) is 1. The molecule has 1 aliphatic rings. The highest BCUT2D eigenvalue weighted by Crippen LogP contribution is 2.29. The highest BCUT2D eigenvalue weighted by Gasteiger charge is 2.35. The van der Waals surface area contributed by atoms with E-state index in [9.17, 15) is 14.4 Å². The van der Waals surface area contributed by atoms with Crippen LogP contribution in [0.3, 0.4) is 0 Å². The molecule has 0 atom stereocenters. The van der Waals surface area contributed by atoms with Gasteiger partial charge in [-0.15, -0.1) is 22.7 Å². The van der Waals surface area contributed by atoms with Crippen molar-refractivity contribution in [2.45, 2.75) is 6.42 Å². The Morgan fingerprint density at radius 1 is 1.03 bits per heavy atom. The molecule has 2 aromatic heterocycles. The molecular weight excluding hydrogens is 470 g/mol. The molecule has 1 N–H and O–H groups in total. The van der Waals surface area contributed by atoms with Gasteiger partial charge >= 0.3 is 0 Å². The number of rotatable bonds is 7. The molecule has 4 aromatic rings. The quantitative estimate of drug-likeness (QED) is 0.370. The predicted molar refractivity (Wildman–Crippen MR) is 132 cm³/mol. The Labute approximate surface area is 203 Å². The zero-order valence-corrected chi connectivity index (χ0v) is 19.7. The van der Waals surface area contributed by atoms with Gasteiger partial charge in [0.05, 0.1) is 28.8 Å². The Bertz CT molecular complexity index is 1380. The smallest absolute Gasteiger partial charge is 0.261 e. The lowest BCUT2D eigenvalue weighted by Crippen LogP contribution is -2.31. The van der Waals surface area contributed by atoms with E-state index in [1.54, 1.807) is 24.5 Å². The number of hydrogen-bond donors (Lipinski definition) is 1. The fourth-order valence-corrected chi connectivity index (χ4v) is 5.17. The number of methoxy groups -OCH3 is 1. The summed E-state index contributed by atoms with van der Waals surface area (Å²) < 4.78 is 5.16. The number of fused-ring (bicyclic) bond motifs is 1. The molecule has 5 rings (SSSR count). The second kappa shape index (κ2) is 9.20. The molecule has 0 saturated heterocycles. The molecule has 7 nitrogen and oxygen atoms in total. The van der Waals surface area contributed by atoms with E-state index in [4.69, 9.17) is 4.74 Å². The van der Waals surface area contributed by atoms with Crippen LogP contribution in [0.25, 0.3) is 10.6 Å². The largest absolute Gasteiger partial charge is 0.497 e. The maximum absolute atomic E-state index is 12.9. The number of aromatic nitrogens is 1. The first-order chi connectivity index (χ1) is 16.5. The lowest BCUT2D eigenvalue weighted by molar-refractivity contribution is 0.0656. The summed E-state index contributed by atoms with van der Waals surface area (Å²) in [6.45, 7) is 0.255. The third-order valence-corrected chi connectivity index (χ3v) is 7.16. The average molecular weight is 490 g/mol. The van der Waals surface area contributed by atoms with Crippen LogP contribution >= 0.6 is 22.7 Å². The number of thiazole rings is 1. The topological polar surface area (TPSA) is 88.6 Å². The highest BCUT2D eigenvalue weighted by atomic mass is 32.1. The Hall–Kier alpha value is -3.82. The van der Waals surface area contributed by atoms with Gasteiger partial charge in [0.15, 0.2) is 5.13 Å². The minimum absolute atomic E-state index is 0.241. The zero-order chi connectivity index (χ0) is 23.7. The standard InChI is InChI=1S/C25H19N3O4S2/c1-32-17-7-4-15(5-8-17)10-11-28-23(30)18-9-6-16(13-19(18)24(28)31)22(29)27-25-26-20(14-34-25)21-3-2-12-33-21/h2-9,12-14H,10-11H2,1H3,(H,26,27,29). The third kappa shape index (κ3) is 4.23. The number of nitrogens with zero attached hydrogens (tertiary/aromatic N) is 2. The van der Waals surface area contributed by atoms with E-state index in [1.165, 1.54) is 28.4 Å². The predicted octanol–water partition coefficient (Wildman–Crippen LogP) is 4.97. The van der Waals surface area contributed by atoms with Crippen molar-refractivity contribution in [1.29, 1.82) is 0 Å². The Balaban J connectivity index is 1.27. The SMILES string of the molecule is COc1ccc(CCN2C(=O)c3ccc(C(=O)Nc4nc(-c5cccs5)cs4)cc3C2=O)cc1. The number of amides is 3. The van der Waals surface area contributed by atoms with E-state index in [-0.39, 0.29) is 23.9 Å². The van der Waals surface area contributed by atoms with Gasteiger partial charge in [0.1, 0.15) is 5.75 Å². The molecule has 0 aliphatic carbocycles. The van der Waals surface area contributed by atoms with Gasteiger partial charge in [-0.2, -0.15) is 0 Å². The minimum atomic E-state index is -0.391. The van der Waals surface area contributed by atoms with Gasteiger partial charge in [-0.3, -0.25) is 24.6 Å². The van der Waals surface area contributed by atoms with Crippen molar-refractivity contribution in [2.24, 2.45) is 0 Å². The molecule has 2 aromatic carbocycles. The van der Waals surface area contributed by atoms with Crippen molar-refractivity contribution in [3.05, 3.63) is 87.6 Å². The average Bonchev–Trinajstić information content (AvgIpc) is 3.60. The van der Waals surface area contributed by atoms with Gasteiger partial charge in [-0.05, 0) is 53.8 Å². The van der Waals surface area contributed by atoms with Gasteiger partial charge in [-0.25, -0.2) is 4.98 Å². The van der Waals surface area contributed by atoms with Crippen LogP contribution in [-0.4, -0.2) is 41.3 Å². The third-order valence-electron chi connectivity index (χ3n) is 5.51. The molecule has 0 spiro atoms. The number of nitrogens with one attached hydrogen (secondary N) is 1. The molecule has 0 saturated carbocycles. The number of benzene rings is 2. The van der Waals surface area contributed by atoms with Crippen molar-refractivity contribution >= 4 is 45.5 Å². The maximum Gasteiger partial charge on any atom is 0.261 e. The van der Waals surface area contributed by atoms with E-state index >= 15 is 0 Å². The van der Waals surface area contributed by atoms with E-state index < -0.39 is 5.91 Å². The molecule has 0 bridgehead atoms. The fraction of sp³-hybridized carbons (Fsp3) is 0.120. The van der Waals surface area contributed by atoms with Gasteiger partial charge < -0.3 is 4.74 Å². The number of thiophene rings is 1. The summed E-state index contributed by atoms with van der Waals surface area (Å²) in [5, 5.41) is 7.10. The monoisotopic (exact) mass is 489 g/mol. The summed E-state index contributed by atoms with van der Waals surface area (Å²) in [6.07, 6.45) is 0.527. The van der Waals surface area contributed by atoms with Crippen LogP contribution in [0, 0.1) is 0 Å². The van der Waals surface area contributed by atoms with E-state index in [2.05, 4.69) is 10.3 Å². The number of imide groups is 1. The van der Waals surface area contributed by atoms with Crippen LogP contribution in [-0.2, 0) is 6.42 Å². The molecule has 3 heterocycles. The molecular formula is C25H19N3O4S2. The van der Waals surface area contributed by atoms with Crippen LogP contribution in [0.5, 0.6) is 5.75 Å². The maximum atomic E-state index is 12.9. The summed E-state index contributed by atoms with van der Waals surface area (Å²) in [4.78, 5) is 45.2. The summed E-state index contributed by atoms with van der Waals surface area (Å²) in [5.41, 5.74) is 2.64. The number of anilines is 1. The number of carbonyl (C=O) groups excluding carboxylic acids is 3. The van der Waals surface area contributed by atoms with Crippen LogP contribution < -0.4 is 10.1 Å². The first kappa shape index (κ1) is 22.0. The molecule has 3 amide bonds. The van der Waals surface area contributed by atoms with E-state index in [1.807, 2.05) is 47.2 Å². The summed E-state index contributed by atoms with van der Waals surface area (Å²) in [6, 6.07) is 16.0. The van der Waals surface area contributed by atoms with Crippen molar-refractivity contribution in [3.8, 4) is 16.3 Å². The second-order valence-corrected chi connectivity index (χ2v) is 9.40. The fourth-order valence-electron chi connectivity index (χ4n) is 3.71. The first-order valence-electron chi connectivity index (χ1n) is 10.5. The minimum Gasteiger partial charge on any atom is -0.497 e. The normalized spacial score (nSPS) is 12.7. The molecule has 1 aliphatic heterocycles. The molecule has 0 radical (unpaired) electrons. The number of carbonyl (C=O) groups is 3. The van der Waals surface area contributed by atoms with Crippen LogP contribution in [0.4, 0.5) is 5.13 Å². The summed E-state index contributed by atoms with van der Waals surface area (Å²) in [5.74, 6) is -0.374. The molecule has 9 heteroatoms. The number of hydrogen-bond acceptors (Lipinski definition) is 7. The lowest BCUT2D eigenvalue weighted by atomic mass is 10.1. The van der Waals surface area contributed by atoms with E-state index in [0.717, 1.165) is 21.9 Å². The Morgan fingerprint density at radius 3 is 2.56 bits per heavy atom. The van der Waals surface area contributed by atoms with Crippen molar-refractivity contribution in [3.63, 3.8) is 0 Å². The Morgan fingerprint density at radius 2 is 1.82 bits per heavy atom. The van der Waals surface area contributed by atoms with Crippen LogP contribution in [0.15, 0.2) is 65.4 Å². The molecule has 0 fully saturated rings. The van der Waals surface area contributed by atoms with Crippen molar-refractivity contribution < 1.29 is 19.1 Å². The molecule has 0 unspecified atom stereocenters.